The number of phenols is 1. The van der Waals surface area contributed by atoms with Crippen molar-refractivity contribution in [3.05, 3.63) is 64.2 Å². The number of hydrogen-bond acceptors (Lipinski definition) is 2. The van der Waals surface area contributed by atoms with Gasteiger partial charge in [0.2, 0.25) is 0 Å². The summed E-state index contributed by atoms with van der Waals surface area (Å²) in [6.07, 6.45) is 1.70. The van der Waals surface area contributed by atoms with Crippen LogP contribution in [0.1, 0.15) is 50.4 Å². The molecular formula is C19H22ClNO. The van der Waals surface area contributed by atoms with Crippen molar-refractivity contribution in [2.75, 3.05) is 0 Å². The summed E-state index contributed by atoms with van der Waals surface area (Å²) < 4.78 is 0. The highest BCUT2D eigenvalue weighted by molar-refractivity contribution is 6.31. The zero-order valence-electron chi connectivity index (χ0n) is 13.5. The van der Waals surface area contributed by atoms with Crippen molar-refractivity contribution in [3.8, 4) is 5.75 Å². The van der Waals surface area contributed by atoms with Gasteiger partial charge in [0.05, 0.1) is 6.04 Å². The normalized spacial score (nSPS) is 13.5. The quantitative estimate of drug-likeness (QED) is 0.743. The minimum atomic E-state index is -0.178. The third-order valence-electron chi connectivity index (χ3n) is 3.63. The minimum Gasteiger partial charge on any atom is -0.507 e. The molecule has 2 aromatic carbocycles. The average molecular weight is 316 g/mol. The van der Waals surface area contributed by atoms with Gasteiger partial charge < -0.3 is 5.11 Å². The number of phenolic OH excluding ortho intramolecular Hbond substituents is 1. The summed E-state index contributed by atoms with van der Waals surface area (Å²) in [5.74, 6) is 0.251. The Hall–Kier alpha value is -1.80. The first-order valence-electron chi connectivity index (χ1n) is 7.40. The van der Waals surface area contributed by atoms with Gasteiger partial charge in [-0.1, -0.05) is 62.7 Å². The lowest BCUT2D eigenvalue weighted by Crippen LogP contribution is -2.12. The van der Waals surface area contributed by atoms with Crippen molar-refractivity contribution in [3.63, 3.8) is 0 Å². The Morgan fingerprint density at radius 3 is 2.36 bits per heavy atom. The maximum absolute atomic E-state index is 10.5. The molecule has 3 heteroatoms. The first kappa shape index (κ1) is 16.6. The van der Waals surface area contributed by atoms with Crippen LogP contribution in [0.25, 0.3) is 0 Å². The Balaban J connectivity index is 2.34. The van der Waals surface area contributed by atoms with Gasteiger partial charge in [0.15, 0.2) is 0 Å². The van der Waals surface area contributed by atoms with E-state index < -0.39 is 0 Å². The highest BCUT2D eigenvalue weighted by Crippen LogP contribution is 2.35. The zero-order chi connectivity index (χ0) is 16.3. The van der Waals surface area contributed by atoms with Gasteiger partial charge in [-0.15, -0.1) is 0 Å². The molecule has 0 aromatic heterocycles. The lowest BCUT2D eigenvalue weighted by atomic mass is 9.85. The second-order valence-corrected chi connectivity index (χ2v) is 6.94. The molecule has 0 bridgehead atoms. The number of hydrogen-bond donors (Lipinski definition) is 1. The van der Waals surface area contributed by atoms with Crippen molar-refractivity contribution in [1.82, 2.24) is 0 Å². The van der Waals surface area contributed by atoms with E-state index in [1.807, 2.05) is 64.1 Å². The summed E-state index contributed by atoms with van der Waals surface area (Å²) in [7, 11) is 0. The number of benzene rings is 2. The topological polar surface area (TPSA) is 32.6 Å². The molecule has 22 heavy (non-hydrogen) atoms. The Morgan fingerprint density at radius 2 is 1.77 bits per heavy atom. The van der Waals surface area contributed by atoms with Crippen molar-refractivity contribution in [1.29, 1.82) is 0 Å². The molecular weight excluding hydrogens is 294 g/mol. The molecule has 2 rings (SSSR count). The first-order valence-corrected chi connectivity index (χ1v) is 7.78. The standard InChI is InChI=1S/C19H22ClNO/c1-13(14-8-6-5-7-9-14)21-12-15-10-16(20)11-17(18(15)22)19(2,3)4/h5-13,22H,1-4H3. The van der Waals surface area contributed by atoms with Crippen LogP contribution in [0.4, 0.5) is 0 Å². The molecule has 0 spiro atoms. The van der Waals surface area contributed by atoms with Crippen molar-refractivity contribution in [2.45, 2.75) is 39.2 Å². The molecule has 0 radical (unpaired) electrons. The Labute approximate surface area is 137 Å². The summed E-state index contributed by atoms with van der Waals surface area (Å²) in [6, 6.07) is 13.6. The molecule has 1 N–H and O–H groups in total. The number of halogens is 1. The van der Waals surface area contributed by atoms with Crippen LogP contribution < -0.4 is 0 Å². The fourth-order valence-corrected chi connectivity index (χ4v) is 2.53. The van der Waals surface area contributed by atoms with Gasteiger partial charge in [0.1, 0.15) is 5.75 Å². The highest BCUT2D eigenvalue weighted by Gasteiger charge is 2.20. The van der Waals surface area contributed by atoms with E-state index in [4.69, 9.17) is 11.6 Å². The SMILES string of the molecule is CC(N=Cc1cc(Cl)cc(C(C)(C)C)c1O)c1ccccc1. The summed E-state index contributed by atoms with van der Waals surface area (Å²) in [4.78, 5) is 4.55. The van der Waals surface area contributed by atoms with E-state index in [0.717, 1.165) is 11.1 Å². The van der Waals surface area contributed by atoms with Crippen LogP contribution in [-0.4, -0.2) is 11.3 Å². The second-order valence-electron chi connectivity index (χ2n) is 6.51. The highest BCUT2D eigenvalue weighted by atomic mass is 35.5. The molecule has 116 valence electrons. The third-order valence-corrected chi connectivity index (χ3v) is 3.85. The fraction of sp³-hybridized carbons (Fsp3) is 0.316. The largest absolute Gasteiger partial charge is 0.507 e. The van der Waals surface area contributed by atoms with Gasteiger partial charge >= 0.3 is 0 Å². The minimum absolute atomic E-state index is 0.0256. The molecule has 0 aliphatic heterocycles. The molecule has 0 aliphatic carbocycles. The molecule has 1 atom stereocenters. The van der Waals surface area contributed by atoms with E-state index >= 15 is 0 Å². The van der Waals surface area contributed by atoms with Crippen LogP contribution >= 0.6 is 11.6 Å². The predicted molar refractivity (Wildman–Crippen MR) is 94.3 cm³/mol. The van der Waals surface area contributed by atoms with Gasteiger partial charge in [-0.3, -0.25) is 4.99 Å². The maximum Gasteiger partial charge on any atom is 0.128 e. The summed E-state index contributed by atoms with van der Waals surface area (Å²) >= 11 is 6.19. The molecule has 2 nitrogen and oxygen atoms in total. The van der Waals surface area contributed by atoms with Crippen LogP contribution in [0.3, 0.4) is 0 Å². The zero-order valence-corrected chi connectivity index (χ0v) is 14.2. The van der Waals surface area contributed by atoms with Crippen LogP contribution in [0.15, 0.2) is 47.5 Å². The number of aromatic hydroxyl groups is 1. The molecule has 0 saturated heterocycles. The van der Waals surface area contributed by atoms with Gasteiger partial charge in [-0.05, 0) is 30.0 Å². The van der Waals surface area contributed by atoms with Crippen molar-refractivity contribution >= 4 is 17.8 Å². The molecule has 0 aliphatic rings. The van der Waals surface area contributed by atoms with Crippen LogP contribution in [0.5, 0.6) is 5.75 Å². The van der Waals surface area contributed by atoms with E-state index in [-0.39, 0.29) is 17.2 Å². The average Bonchev–Trinajstić information content (AvgIpc) is 2.47. The summed E-state index contributed by atoms with van der Waals surface area (Å²) in [6.45, 7) is 8.17. The van der Waals surface area contributed by atoms with Gasteiger partial charge in [0.25, 0.3) is 0 Å². The lowest BCUT2D eigenvalue weighted by molar-refractivity contribution is 0.446. The number of aliphatic imine (C=N–C) groups is 1. The molecule has 0 fully saturated rings. The monoisotopic (exact) mass is 315 g/mol. The van der Waals surface area contributed by atoms with E-state index in [1.54, 1.807) is 12.3 Å². The first-order chi connectivity index (χ1) is 10.3. The van der Waals surface area contributed by atoms with E-state index in [0.29, 0.717) is 10.6 Å². The van der Waals surface area contributed by atoms with E-state index in [2.05, 4.69) is 4.99 Å². The molecule has 0 heterocycles. The summed E-state index contributed by atoms with van der Waals surface area (Å²) in [5.41, 5.74) is 2.44. The molecule has 2 aromatic rings. The third kappa shape index (κ3) is 3.89. The van der Waals surface area contributed by atoms with Gasteiger partial charge in [-0.2, -0.15) is 0 Å². The van der Waals surface area contributed by atoms with E-state index in [9.17, 15) is 5.11 Å². The molecule has 0 amide bonds. The smallest absolute Gasteiger partial charge is 0.128 e. The van der Waals surface area contributed by atoms with Crippen LogP contribution in [-0.2, 0) is 5.41 Å². The second kappa shape index (κ2) is 6.53. The predicted octanol–water partition coefficient (Wildman–Crippen LogP) is 5.52. The Kier molecular flexibility index (Phi) is 4.92. The van der Waals surface area contributed by atoms with Crippen LogP contribution in [0, 0.1) is 0 Å². The van der Waals surface area contributed by atoms with Gasteiger partial charge in [0, 0.05) is 22.4 Å². The molecule has 0 saturated carbocycles. The Bertz CT molecular complexity index is 672. The number of nitrogens with zero attached hydrogens (tertiary/aromatic N) is 1. The number of rotatable bonds is 3. The lowest BCUT2D eigenvalue weighted by Gasteiger charge is -2.21. The Morgan fingerprint density at radius 1 is 1.14 bits per heavy atom. The van der Waals surface area contributed by atoms with Crippen LogP contribution in [0.2, 0.25) is 5.02 Å². The van der Waals surface area contributed by atoms with Gasteiger partial charge in [-0.25, -0.2) is 0 Å². The van der Waals surface area contributed by atoms with Crippen molar-refractivity contribution < 1.29 is 5.11 Å². The fourth-order valence-electron chi connectivity index (χ4n) is 2.30. The van der Waals surface area contributed by atoms with Crippen molar-refractivity contribution in [2.24, 2.45) is 4.99 Å². The van der Waals surface area contributed by atoms with E-state index in [1.165, 1.54) is 0 Å². The summed E-state index contributed by atoms with van der Waals surface area (Å²) in [5, 5.41) is 11.1. The molecule has 1 unspecified atom stereocenters. The maximum atomic E-state index is 10.5.